The topological polar surface area (TPSA) is 37.8 Å². The van der Waals surface area contributed by atoms with Gasteiger partial charge in [0, 0.05) is 29.2 Å². The number of aromatic nitrogens is 2. The zero-order valence-corrected chi connectivity index (χ0v) is 10.1. The minimum atomic E-state index is 0.430. The molecule has 1 aliphatic heterocycles. The van der Waals surface area contributed by atoms with Gasteiger partial charge in [-0.2, -0.15) is 16.1 Å². The number of hydrogen-bond acceptors (Lipinski definition) is 5. The number of nitrogens with zero attached hydrogens (tertiary/aromatic N) is 2. The first kappa shape index (κ1) is 10.2. The van der Waals surface area contributed by atoms with Crippen molar-refractivity contribution in [2.75, 3.05) is 16.8 Å². The van der Waals surface area contributed by atoms with Gasteiger partial charge in [0.1, 0.15) is 5.82 Å². The highest BCUT2D eigenvalue weighted by Gasteiger charge is 2.17. The summed E-state index contributed by atoms with van der Waals surface area (Å²) in [6.45, 7) is 4.24. The maximum atomic E-state index is 4.46. The van der Waals surface area contributed by atoms with Crippen LogP contribution in [0, 0.1) is 0 Å². The highest BCUT2D eigenvalue weighted by molar-refractivity contribution is 7.99. The highest BCUT2D eigenvalue weighted by atomic mass is 32.2. The molecule has 1 N–H and O–H groups in total. The van der Waals surface area contributed by atoms with Crippen molar-refractivity contribution in [2.24, 2.45) is 0 Å². The van der Waals surface area contributed by atoms with E-state index in [-0.39, 0.29) is 0 Å². The molecule has 1 aromatic rings. The zero-order chi connectivity index (χ0) is 9.97. The second-order valence-electron chi connectivity index (χ2n) is 3.82. The van der Waals surface area contributed by atoms with Crippen molar-refractivity contribution < 1.29 is 0 Å². The van der Waals surface area contributed by atoms with E-state index in [4.69, 9.17) is 0 Å². The van der Waals surface area contributed by atoms with Crippen LogP contribution in [0.5, 0.6) is 0 Å². The van der Waals surface area contributed by atoms with E-state index in [1.807, 2.05) is 11.8 Å². The van der Waals surface area contributed by atoms with Crippen LogP contribution >= 0.6 is 23.3 Å². The molecule has 2 heterocycles. The highest BCUT2D eigenvalue weighted by Crippen LogP contribution is 2.23. The summed E-state index contributed by atoms with van der Waals surface area (Å²) in [5, 5.41) is 4.43. The lowest BCUT2D eigenvalue weighted by Gasteiger charge is -2.07. The fourth-order valence-electron chi connectivity index (χ4n) is 1.35. The molecule has 1 unspecified atom stereocenters. The van der Waals surface area contributed by atoms with Gasteiger partial charge in [-0.15, -0.1) is 0 Å². The van der Waals surface area contributed by atoms with Crippen molar-refractivity contribution in [3.63, 3.8) is 0 Å². The van der Waals surface area contributed by atoms with E-state index < -0.39 is 0 Å². The van der Waals surface area contributed by atoms with Gasteiger partial charge in [0.25, 0.3) is 0 Å². The maximum absolute atomic E-state index is 4.46. The van der Waals surface area contributed by atoms with E-state index in [1.165, 1.54) is 29.5 Å². The molecule has 5 heteroatoms. The van der Waals surface area contributed by atoms with Gasteiger partial charge in [-0.25, -0.2) is 4.98 Å². The van der Waals surface area contributed by atoms with Gasteiger partial charge < -0.3 is 5.32 Å². The van der Waals surface area contributed by atoms with Crippen molar-refractivity contribution in [3.05, 3.63) is 5.82 Å². The van der Waals surface area contributed by atoms with Crippen molar-refractivity contribution in [1.82, 2.24) is 9.36 Å². The minimum absolute atomic E-state index is 0.430. The summed E-state index contributed by atoms with van der Waals surface area (Å²) in [6, 6.07) is 0.605. The molecule has 1 atom stereocenters. The number of rotatable bonds is 3. The molecule has 1 aromatic heterocycles. The lowest BCUT2D eigenvalue weighted by molar-refractivity contribution is 0.785. The van der Waals surface area contributed by atoms with Crippen LogP contribution in [0.1, 0.15) is 32.0 Å². The Morgan fingerprint density at radius 1 is 1.50 bits per heavy atom. The second kappa shape index (κ2) is 4.49. The zero-order valence-electron chi connectivity index (χ0n) is 8.49. The quantitative estimate of drug-likeness (QED) is 0.864. The molecule has 0 aliphatic carbocycles. The Morgan fingerprint density at radius 3 is 2.93 bits per heavy atom. The third-order valence-corrected chi connectivity index (χ3v) is 4.04. The average Bonchev–Trinajstić information content (AvgIpc) is 2.75. The lowest BCUT2D eigenvalue weighted by atomic mass is 10.2. The molecule has 0 aromatic carbocycles. The predicted octanol–water partition coefficient (Wildman–Crippen LogP) is 2.58. The smallest absolute Gasteiger partial charge is 0.202 e. The first-order valence-electron chi connectivity index (χ1n) is 4.93. The molecular weight excluding hydrogens is 214 g/mol. The Bertz CT molecular complexity index is 292. The molecule has 0 amide bonds. The Hall–Kier alpha value is -0.290. The van der Waals surface area contributed by atoms with Crippen LogP contribution < -0.4 is 5.32 Å². The van der Waals surface area contributed by atoms with Crippen molar-refractivity contribution >= 4 is 28.4 Å². The van der Waals surface area contributed by atoms with Crippen LogP contribution in [-0.4, -0.2) is 26.9 Å². The molecule has 78 valence electrons. The first-order chi connectivity index (χ1) is 6.75. The predicted molar refractivity (Wildman–Crippen MR) is 63.4 cm³/mol. The fraction of sp³-hybridized carbons (Fsp3) is 0.778. The molecule has 1 aliphatic rings. The number of hydrogen-bond donors (Lipinski definition) is 1. The standard InChI is InChI=1S/C9H15N3S2/c1-6(2)8-11-9(14-12-8)10-7-3-4-13-5-7/h6-7H,3-5H2,1-2H3,(H,10,11,12). The van der Waals surface area contributed by atoms with E-state index in [9.17, 15) is 0 Å². The van der Waals surface area contributed by atoms with E-state index in [0.717, 1.165) is 11.0 Å². The molecule has 0 spiro atoms. The summed E-state index contributed by atoms with van der Waals surface area (Å²) in [4.78, 5) is 4.46. The normalized spacial score (nSPS) is 21.8. The molecule has 1 saturated heterocycles. The molecular formula is C9H15N3S2. The summed E-state index contributed by atoms with van der Waals surface area (Å²) in [5.41, 5.74) is 0. The van der Waals surface area contributed by atoms with Gasteiger partial charge in [0.2, 0.25) is 5.13 Å². The first-order valence-corrected chi connectivity index (χ1v) is 6.86. The maximum Gasteiger partial charge on any atom is 0.202 e. The van der Waals surface area contributed by atoms with E-state index in [2.05, 4.69) is 28.5 Å². The Labute approximate surface area is 92.9 Å². The summed E-state index contributed by atoms with van der Waals surface area (Å²) < 4.78 is 4.32. The van der Waals surface area contributed by atoms with Crippen LogP contribution in [0.3, 0.4) is 0 Å². The van der Waals surface area contributed by atoms with Crippen LogP contribution in [0.4, 0.5) is 5.13 Å². The second-order valence-corrected chi connectivity index (χ2v) is 5.72. The van der Waals surface area contributed by atoms with Crippen molar-refractivity contribution in [2.45, 2.75) is 32.2 Å². The van der Waals surface area contributed by atoms with Gasteiger partial charge in [-0.3, -0.25) is 0 Å². The summed E-state index contributed by atoms with van der Waals surface area (Å²) in [7, 11) is 0. The molecule has 0 saturated carbocycles. The van der Waals surface area contributed by atoms with Crippen molar-refractivity contribution in [3.8, 4) is 0 Å². The lowest BCUT2D eigenvalue weighted by Crippen LogP contribution is -2.17. The average molecular weight is 229 g/mol. The Kier molecular flexibility index (Phi) is 3.28. The molecule has 0 bridgehead atoms. The van der Waals surface area contributed by atoms with E-state index >= 15 is 0 Å². The Morgan fingerprint density at radius 2 is 2.36 bits per heavy atom. The van der Waals surface area contributed by atoms with E-state index in [1.54, 1.807) is 0 Å². The number of thioether (sulfide) groups is 1. The van der Waals surface area contributed by atoms with Gasteiger partial charge in [0.05, 0.1) is 0 Å². The van der Waals surface area contributed by atoms with E-state index in [0.29, 0.717) is 12.0 Å². The molecule has 2 rings (SSSR count). The molecule has 3 nitrogen and oxygen atoms in total. The van der Waals surface area contributed by atoms with Crippen LogP contribution in [0.25, 0.3) is 0 Å². The summed E-state index contributed by atoms with van der Waals surface area (Å²) >= 11 is 3.49. The van der Waals surface area contributed by atoms with Crippen molar-refractivity contribution in [1.29, 1.82) is 0 Å². The largest absolute Gasteiger partial charge is 0.357 e. The van der Waals surface area contributed by atoms with Crippen LogP contribution in [0.15, 0.2) is 0 Å². The van der Waals surface area contributed by atoms with Gasteiger partial charge in [-0.05, 0) is 12.2 Å². The van der Waals surface area contributed by atoms with Gasteiger partial charge in [-0.1, -0.05) is 13.8 Å². The van der Waals surface area contributed by atoms with Crippen LogP contribution in [-0.2, 0) is 0 Å². The SMILES string of the molecule is CC(C)c1nsc(NC2CCSC2)n1. The summed E-state index contributed by atoms with van der Waals surface area (Å²) in [6.07, 6.45) is 1.25. The molecule has 1 fully saturated rings. The monoisotopic (exact) mass is 229 g/mol. The van der Waals surface area contributed by atoms with Crippen LogP contribution in [0.2, 0.25) is 0 Å². The number of nitrogens with one attached hydrogen (secondary N) is 1. The molecule has 0 radical (unpaired) electrons. The van der Waals surface area contributed by atoms with Gasteiger partial charge >= 0.3 is 0 Å². The fourth-order valence-corrected chi connectivity index (χ4v) is 3.29. The molecule has 14 heavy (non-hydrogen) atoms. The number of anilines is 1. The minimum Gasteiger partial charge on any atom is -0.357 e. The summed E-state index contributed by atoms with van der Waals surface area (Å²) in [5.74, 6) is 3.87. The third kappa shape index (κ3) is 2.39. The van der Waals surface area contributed by atoms with Gasteiger partial charge in [0.15, 0.2) is 0 Å². The Balaban J connectivity index is 1.95. The third-order valence-electron chi connectivity index (χ3n) is 2.22.